The zero-order chi connectivity index (χ0) is 14.7. The molecule has 0 radical (unpaired) electrons. The number of nitrogens with zero attached hydrogens (tertiary/aromatic N) is 1. The highest BCUT2D eigenvalue weighted by Crippen LogP contribution is 2.26. The first-order valence-corrected chi connectivity index (χ1v) is 8.19. The molecule has 2 N–H and O–H groups in total. The predicted molar refractivity (Wildman–Crippen MR) is 82.6 cm³/mol. The van der Waals surface area contributed by atoms with Crippen LogP contribution in [0.3, 0.4) is 0 Å². The first kappa shape index (κ1) is 14.6. The van der Waals surface area contributed by atoms with E-state index in [1.165, 1.54) is 18.6 Å². The predicted octanol–water partition coefficient (Wildman–Crippen LogP) is 3.20. The minimum Gasteiger partial charge on any atom is -0.396 e. The van der Waals surface area contributed by atoms with E-state index in [0.717, 1.165) is 35.7 Å². The molecule has 2 aromatic rings. The van der Waals surface area contributed by atoms with Crippen molar-refractivity contribution in [2.24, 2.45) is 5.92 Å². The lowest BCUT2D eigenvalue weighted by atomic mass is 10.1. The smallest absolute Gasteiger partial charge is 0.123 e. The number of halogens is 1. The van der Waals surface area contributed by atoms with Crippen molar-refractivity contribution in [2.75, 3.05) is 6.61 Å². The summed E-state index contributed by atoms with van der Waals surface area (Å²) in [5, 5.41) is 15.8. The summed E-state index contributed by atoms with van der Waals surface area (Å²) < 4.78 is 12.9. The lowest BCUT2D eigenvalue weighted by Gasteiger charge is -2.18. The fourth-order valence-electron chi connectivity index (χ4n) is 2.87. The molecule has 1 aliphatic rings. The Morgan fingerprint density at radius 3 is 2.86 bits per heavy atom. The molecule has 2 atom stereocenters. The van der Waals surface area contributed by atoms with Gasteiger partial charge in [-0.3, -0.25) is 0 Å². The topological polar surface area (TPSA) is 45.1 Å². The molecule has 1 saturated carbocycles. The first-order chi connectivity index (χ1) is 10.3. The van der Waals surface area contributed by atoms with Crippen molar-refractivity contribution in [1.29, 1.82) is 0 Å². The molecule has 21 heavy (non-hydrogen) atoms. The van der Waals surface area contributed by atoms with E-state index in [4.69, 9.17) is 0 Å². The monoisotopic (exact) mass is 306 g/mol. The summed E-state index contributed by atoms with van der Waals surface area (Å²) in [7, 11) is 0. The van der Waals surface area contributed by atoms with Gasteiger partial charge in [0.05, 0.1) is 5.69 Å². The molecule has 112 valence electrons. The SMILES string of the molecule is OCC1CCCC1NCc1csc(-c2ccc(F)cc2)n1. The van der Waals surface area contributed by atoms with Crippen molar-refractivity contribution in [3.8, 4) is 10.6 Å². The number of benzene rings is 1. The van der Waals surface area contributed by atoms with E-state index in [-0.39, 0.29) is 12.4 Å². The molecule has 1 aromatic heterocycles. The molecule has 3 rings (SSSR count). The molecule has 0 bridgehead atoms. The first-order valence-electron chi connectivity index (χ1n) is 7.31. The van der Waals surface area contributed by atoms with Gasteiger partial charge in [0.2, 0.25) is 0 Å². The lowest BCUT2D eigenvalue weighted by Crippen LogP contribution is -2.33. The number of thiazole rings is 1. The molecule has 1 aromatic carbocycles. The van der Waals surface area contributed by atoms with E-state index < -0.39 is 0 Å². The Kier molecular flexibility index (Phi) is 4.63. The molecular formula is C16H19FN2OS. The Morgan fingerprint density at radius 2 is 2.10 bits per heavy atom. The minimum atomic E-state index is -0.228. The Morgan fingerprint density at radius 1 is 1.29 bits per heavy atom. The normalized spacial score (nSPS) is 21.8. The summed E-state index contributed by atoms with van der Waals surface area (Å²) in [5.74, 6) is 0.147. The third-order valence-electron chi connectivity index (χ3n) is 4.08. The van der Waals surface area contributed by atoms with E-state index in [9.17, 15) is 9.50 Å². The highest BCUT2D eigenvalue weighted by molar-refractivity contribution is 7.13. The Labute approximate surface area is 127 Å². The number of aromatic nitrogens is 1. The Hall–Kier alpha value is -1.30. The molecule has 2 unspecified atom stereocenters. The number of nitrogens with one attached hydrogen (secondary N) is 1. The second-order valence-corrected chi connectivity index (χ2v) is 6.37. The van der Waals surface area contributed by atoms with Crippen LogP contribution in [0.2, 0.25) is 0 Å². The van der Waals surface area contributed by atoms with Crippen LogP contribution in [-0.4, -0.2) is 22.7 Å². The maximum atomic E-state index is 12.9. The van der Waals surface area contributed by atoms with Crippen molar-refractivity contribution in [3.63, 3.8) is 0 Å². The van der Waals surface area contributed by atoms with Gasteiger partial charge in [0, 0.05) is 30.1 Å². The van der Waals surface area contributed by atoms with Crippen LogP contribution in [0, 0.1) is 11.7 Å². The second-order valence-electron chi connectivity index (χ2n) is 5.51. The largest absolute Gasteiger partial charge is 0.396 e. The fraction of sp³-hybridized carbons (Fsp3) is 0.438. The third-order valence-corrected chi connectivity index (χ3v) is 5.02. The summed E-state index contributed by atoms with van der Waals surface area (Å²) >= 11 is 1.57. The van der Waals surface area contributed by atoms with Crippen LogP contribution in [-0.2, 0) is 6.54 Å². The number of aliphatic hydroxyl groups is 1. The van der Waals surface area contributed by atoms with Gasteiger partial charge in [0.1, 0.15) is 10.8 Å². The van der Waals surface area contributed by atoms with Crippen molar-refractivity contribution in [2.45, 2.75) is 31.8 Å². The molecule has 1 fully saturated rings. The zero-order valence-corrected chi connectivity index (χ0v) is 12.6. The number of aliphatic hydroxyl groups excluding tert-OH is 1. The van der Waals surface area contributed by atoms with Gasteiger partial charge in [-0.05, 0) is 43.0 Å². The molecule has 0 aliphatic heterocycles. The average molecular weight is 306 g/mol. The summed E-state index contributed by atoms with van der Waals surface area (Å²) in [6, 6.07) is 6.82. The van der Waals surface area contributed by atoms with Gasteiger partial charge in [0.25, 0.3) is 0 Å². The van der Waals surface area contributed by atoms with Crippen molar-refractivity contribution < 1.29 is 9.50 Å². The molecule has 0 spiro atoms. The summed E-state index contributed by atoms with van der Waals surface area (Å²) in [5.41, 5.74) is 1.95. The van der Waals surface area contributed by atoms with Crippen LogP contribution in [0.4, 0.5) is 4.39 Å². The van der Waals surface area contributed by atoms with Gasteiger partial charge < -0.3 is 10.4 Å². The highest BCUT2D eigenvalue weighted by Gasteiger charge is 2.26. The van der Waals surface area contributed by atoms with Crippen LogP contribution in [0.5, 0.6) is 0 Å². The molecule has 0 saturated heterocycles. The molecule has 1 aliphatic carbocycles. The lowest BCUT2D eigenvalue weighted by molar-refractivity contribution is 0.205. The minimum absolute atomic E-state index is 0.228. The molecule has 0 amide bonds. The zero-order valence-electron chi connectivity index (χ0n) is 11.8. The van der Waals surface area contributed by atoms with Crippen molar-refractivity contribution in [1.82, 2.24) is 10.3 Å². The number of rotatable bonds is 5. The van der Waals surface area contributed by atoms with Crippen LogP contribution in [0.1, 0.15) is 25.0 Å². The van der Waals surface area contributed by atoms with E-state index >= 15 is 0 Å². The summed E-state index contributed by atoms with van der Waals surface area (Å²) in [6.45, 7) is 0.981. The fourth-order valence-corrected chi connectivity index (χ4v) is 3.70. The van der Waals surface area contributed by atoms with Crippen LogP contribution < -0.4 is 5.32 Å². The van der Waals surface area contributed by atoms with Gasteiger partial charge in [0.15, 0.2) is 0 Å². The molecular weight excluding hydrogens is 287 g/mol. The maximum Gasteiger partial charge on any atom is 0.123 e. The van der Waals surface area contributed by atoms with E-state index in [0.29, 0.717) is 12.0 Å². The maximum absolute atomic E-state index is 12.9. The Bertz CT molecular complexity index is 584. The summed E-state index contributed by atoms with van der Waals surface area (Å²) in [6.07, 6.45) is 3.41. The van der Waals surface area contributed by atoms with E-state index in [2.05, 4.69) is 10.3 Å². The standard InChI is InChI=1S/C16H19FN2OS/c17-13-6-4-11(5-7-13)16-19-14(10-21-16)8-18-15-3-1-2-12(15)9-20/h4-7,10,12,15,18,20H,1-3,8-9H2. The van der Waals surface area contributed by atoms with E-state index in [1.807, 2.05) is 5.38 Å². The Balaban J connectivity index is 1.61. The van der Waals surface area contributed by atoms with Crippen molar-refractivity contribution in [3.05, 3.63) is 41.2 Å². The highest BCUT2D eigenvalue weighted by atomic mass is 32.1. The number of hydrogen-bond acceptors (Lipinski definition) is 4. The van der Waals surface area contributed by atoms with E-state index in [1.54, 1.807) is 23.5 Å². The van der Waals surface area contributed by atoms with Gasteiger partial charge in [-0.25, -0.2) is 9.37 Å². The van der Waals surface area contributed by atoms with Gasteiger partial charge in [-0.1, -0.05) is 6.42 Å². The molecule has 1 heterocycles. The molecule has 5 heteroatoms. The van der Waals surface area contributed by atoms with Crippen LogP contribution >= 0.6 is 11.3 Å². The van der Waals surface area contributed by atoms with Crippen molar-refractivity contribution >= 4 is 11.3 Å². The van der Waals surface area contributed by atoms with Gasteiger partial charge in [-0.15, -0.1) is 11.3 Å². The summed E-state index contributed by atoms with van der Waals surface area (Å²) in [4.78, 5) is 4.59. The average Bonchev–Trinajstić information content (AvgIpc) is 3.14. The van der Waals surface area contributed by atoms with Gasteiger partial charge in [-0.2, -0.15) is 0 Å². The third kappa shape index (κ3) is 3.48. The quantitative estimate of drug-likeness (QED) is 0.891. The van der Waals surface area contributed by atoms with Crippen LogP contribution in [0.15, 0.2) is 29.6 Å². The molecule has 3 nitrogen and oxygen atoms in total. The number of hydrogen-bond donors (Lipinski definition) is 2. The second kappa shape index (κ2) is 6.64. The van der Waals surface area contributed by atoms with Crippen LogP contribution in [0.25, 0.3) is 10.6 Å². The van der Waals surface area contributed by atoms with Gasteiger partial charge >= 0.3 is 0 Å².